The van der Waals surface area contributed by atoms with Crippen molar-refractivity contribution in [1.82, 2.24) is 10.2 Å². The number of phenols is 1. The molecule has 45 heavy (non-hydrogen) atoms. The summed E-state index contributed by atoms with van der Waals surface area (Å²) in [6, 6.07) is 14.5. The van der Waals surface area contributed by atoms with Gasteiger partial charge >= 0.3 is 0 Å². The highest BCUT2D eigenvalue weighted by Gasteiger charge is 2.63. The largest absolute Gasteiger partial charge is 0.510 e. The van der Waals surface area contributed by atoms with Crippen molar-refractivity contribution < 1.29 is 34.8 Å². The highest BCUT2D eigenvalue weighted by Crippen LogP contribution is 2.53. The first kappa shape index (κ1) is 30.5. The minimum absolute atomic E-state index is 0.0112. The summed E-state index contributed by atoms with van der Waals surface area (Å²) in [4.78, 5) is 41.5. The van der Waals surface area contributed by atoms with Gasteiger partial charge in [0.25, 0.3) is 5.91 Å². The predicted octanol–water partition coefficient (Wildman–Crippen LogP) is 3.44. The molecule has 0 heterocycles. The first-order valence-electron chi connectivity index (χ1n) is 15.0. The number of aliphatic hydroxyl groups excluding tert-OH is 2. The van der Waals surface area contributed by atoms with E-state index in [1.165, 1.54) is 11.0 Å². The lowest BCUT2D eigenvalue weighted by Crippen LogP contribution is -2.63. The molecule has 3 aromatic rings. The lowest BCUT2D eigenvalue weighted by atomic mass is 9.58. The van der Waals surface area contributed by atoms with Crippen LogP contribution in [0.15, 0.2) is 71.2 Å². The van der Waals surface area contributed by atoms with E-state index in [4.69, 9.17) is 5.73 Å². The Morgan fingerprint density at radius 2 is 1.69 bits per heavy atom. The van der Waals surface area contributed by atoms with Gasteiger partial charge in [-0.1, -0.05) is 56.3 Å². The summed E-state index contributed by atoms with van der Waals surface area (Å²) in [6.07, 6.45) is 0.241. The number of phenolic OH excluding ortho intramolecular Hbond substituents is 1. The summed E-state index contributed by atoms with van der Waals surface area (Å²) in [7, 11) is 3.21. The van der Waals surface area contributed by atoms with Crippen LogP contribution in [0.4, 0.5) is 0 Å². The van der Waals surface area contributed by atoms with E-state index in [9.17, 15) is 34.8 Å². The van der Waals surface area contributed by atoms with Crippen LogP contribution in [0, 0.1) is 11.8 Å². The van der Waals surface area contributed by atoms with Gasteiger partial charge in [0.1, 0.15) is 22.8 Å². The van der Waals surface area contributed by atoms with E-state index in [-0.39, 0.29) is 29.7 Å². The van der Waals surface area contributed by atoms with Gasteiger partial charge in [-0.3, -0.25) is 19.3 Å². The number of aliphatic hydroxyl groups is 3. The third-order valence-corrected chi connectivity index (χ3v) is 9.61. The zero-order valence-electron chi connectivity index (χ0n) is 25.6. The first-order chi connectivity index (χ1) is 21.3. The van der Waals surface area contributed by atoms with Crippen molar-refractivity contribution in [2.75, 3.05) is 14.1 Å². The summed E-state index contributed by atoms with van der Waals surface area (Å²) in [6.45, 7) is 4.84. The van der Waals surface area contributed by atoms with E-state index < -0.39 is 58.0 Å². The fourth-order valence-electron chi connectivity index (χ4n) is 7.57. The molecule has 4 atom stereocenters. The number of aromatic hydroxyl groups is 1. The number of Topliss-reactive ketones (excluding diaryl/α,β-unsaturated/α-hetero) is 2. The molecule has 0 bridgehead atoms. The molecule has 0 saturated heterocycles. The molecule has 3 aliphatic rings. The van der Waals surface area contributed by atoms with Crippen molar-refractivity contribution in [1.29, 1.82) is 0 Å². The van der Waals surface area contributed by atoms with Crippen LogP contribution < -0.4 is 11.1 Å². The quantitative estimate of drug-likeness (QED) is 0.228. The van der Waals surface area contributed by atoms with Crippen LogP contribution in [0.1, 0.15) is 41.8 Å². The molecule has 7 N–H and O–H groups in total. The highest BCUT2D eigenvalue weighted by atomic mass is 16.3. The standard InChI is InChI=1S/C35H37N3O7/c1-16(2)37-15-17-9-10-21(20-8-6-5-7-19(17)20)22-11-12-25(39)27-23(22)13-18-14-24-29(38(3)4)31(41)28(34(36)44)33(43)35(24,45)32(42)26(18)30(27)40/h5-12,16,18,24,29,37,39,41-42,45H,13-15H2,1-4H3,(H2,36,44)/t18-,24-,29+,35-/m0/s1. The fraction of sp³-hybridized carbons (Fsp3) is 0.343. The number of hydrogen-bond donors (Lipinski definition) is 6. The fourth-order valence-corrected chi connectivity index (χ4v) is 7.57. The number of carbonyl (C=O) groups excluding carboxylic acids is 3. The molecular formula is C35H37N3O7. The summed E-state index contributed by atoms with van der Waals surface area (Å²) in [5, 5.41) is 50.9. The van der Waals surface area contributed by atoms with Crippen molar-refractivity contribution in [2.45, 2.75) is 50.9 Å². The van der Waals surface area contributed by atoms with E-state index in [0.29, 0.717) is 18.2 Å². The molecule has 6 rings (SSSR count). The third kappa shape index (κ3) is 4.47. The third-order valence-electron chi connectivity index (χ3n) is 9.61. The molecule has 0 saturated carbocycles. The number of carbonyl (C=O) groups is 3. The van der Waals surface area contributed by atoms with Crippen LogP contribution in [0.5, 0.6) is 5.75 Å². The number of nitrogens with zero attached hydrogens (tertiary/aromatic N) is 1. The van der Waals surface area contributed by atoms with E-state index in [0.717, 1.165) is 27.5 Å². The molecule has 0 spiro atoms. The molecule has 1 amide bonds. The number of amides is 1. The monoisotopic (exact) mass is 611 g/mol. The molecule has 0 aromatic heterocycles. The zero-order chi connectivity index (χ0) is 32.5. The summed E-state index contributed by atoms with van der Waals surface area (Å²) in [5.41, 5.74) is 5.06. The molecule has 10 heteroatoms. The lowest BCUT2D eigenvalue weighted by Gasteiger charge is -2.50. The summed E-state index contributed by atoms with van der Waals surface area (Å²) in [5.74, 6) is -6.71. The molecule has 0 radical (unpaired) electrons. The summed E-state index contributed by atoms with van der Waals surface area (Å²) >= 11 is 0. The maximum atomic E-state index is 14.2. The van der Waals surface area contributed by atoms with Crippen LogP contribution in [0.25, 0.3) is 21.9 Å². The molecule has 0 fully saturated rings. The van der Waals surface area contributed by atoms with Crippen LogP contribution in [-0.2, 0) is 22.6 Å². The van der Waals surface area contributed by atoms with E-state index in [1.54, 1.807) is 20.2 Å². The van der Waals surface area contributed by atoms with Gasteiger partial charge in [-0.25, -0.2) is 0 Å². The lowest BCUT2D eigenvalue weighted by molar-refractivity contribution is -0.148. The molecule has 0 unspecified atom stereocenters. The topological polar surface area (TPSA) is 173 Å². The highest BCUT2D eigenvalue weighted by molar-refractivity contribution is 6.25. The Kier molecular flexibility index (Phi) is 7.35. The maximum absolute atomic E-state index is 14.2. The van der Waals surface area contributed by atoms with Gasteiger partial charge in [-0.15, -0.1) is 0 Å². The average Bonchev–Trinajstić information content (AvgIpc) is 2.97. The van der Waals surface area contributed by atoms with Crippen LogP contribution >= 0.6 is 0 Å². The number of allylic oxidation sites excluding steroid dienone is 1. The van der Waals surface area contributed by atoms with E-state index in [2.05, 4.69) is 31.3 Å². The Labute approximate surface area is 260 Å². The smallest absolute Gasteiger partial charge is 0.255 e. The van der Waals surface area contributed by atoms with Crippen LogP contribution in [0.2, 0.25) is 0 Å². The van der Waals surface area contributed by atoms with E-state index >= 15 is 0 Å². The van der Waals surface area contributed by atoms with Crippen molar-refractivity contribution in [2.24, 2.45) is 17.6 Å². The second-order valence-corrected chi connectivity index (χ2v) is 12.8. The molecular weight excluding hydrogens is 574 g/mol. The van der Waals surface area contributed by atoms with Crippen LogP contribution in [0.3, 0.4) is 0 Å². The van der Waals surface area contributed by atoms with Gasteiger partial charge < -0.3 is 31.5 Å². The minimum Gasteiger partial charge on any atom is -0.510 e. The number of benzene rings is 3. The zero-order valence-corrected chi connectivity index (χ0v) is 25.6. The van der Waals surface area contributed by atoms with Crippen molar-refractivity contribution in [3.05, 3.63) is 87.9 Å². The second kappa shape index (κ2) is 10.8. The van der Waals surface area contributed by atoms with E-state index in [1.807, 2.05) is 24.3 Å². The Morgan fingerprint density at radius 1 is 1.02 bits per heavy atom. The molecule has 3 aromatic carbocycles. The van der Waals surface area contributed by atoms with Crippen LogP contribution in [-0.4, -0.2) is 74.6 Å². The normalized spacial score (nSPS) is 24.7. The van der Waals surface area contributed by atoms with Crippen molar-refractivity contribution in [3.63, 3.8) is 0 Å². The maximum Gasteiger partial charge on any atom is 0.255 e. The number of nitrogens with two attached hydrogens (primary N) is 1. The van der Waals surface area contributed by atoms with Gasteiger partial charge in [-0.05, 0) is 71.9 Å². The summed E-state index contributed by atoms with van der Waals surface area (Å²) < 4.78 is 0. The molecule has 10 nitrogen and oxygen atoms in total. The van der Waals surface area contributed by atoms with Gasteiger partial charge in [0.2, 0.25) is 5.78 Å². The number of primary amides is 1. The number of fused-ring (bicyclic) bond motifs is 4. The Morgan fingerprint density at radius 3 is 2.33 bits per heavy atom. The number of hydrogen-bond acceptors (Lipinski definition) is 9. The second-order valence-electron chi connectivity index (χ2n) is 12.8. The molecule has 0 aliphatic heterocycles. The van der Waals surface area contributed by atoms with Crippen molar-refractivity contribution in [3.8, 4) is 16.9 Å². The Balaban J connectivity index is 1.53. The van der Waals surface area contributed by atoms with Gasteiger partial charge in [0.05, 0.1) is 11.6 Å². The van der Waals surface area contributed by atoms with Gasteiger partial charge in [0.15, 0.2) is 11.4 Å². The minimum atomic E-state index is -2.67. The SMILES string of the molecule is CC(C)NCc1ccc(-c2ccc(O)c3c2C[C@H]2C[C@H]4[C@@H](N(C)C)C(O)=C(C(N)=O)C(=O)[C@@]4(O)C(O)=C2C3=O)c2ccccc12. The van der Waals surface area contributed by atoms with Gasteiger partial charge in [0, 0.05) is 24.1 Å². The molecule has 3 aliphatic carbocycles. The number of rotatable bonds is 6. The van der Waals surface area contributed by atoms with Crippen molar-refractivity contribution >= 4 is 28.2 Å². The van der Waals surface area contributed by atoms with Gasteiger partial charge in [-0.2, -0.15) is 0 Å². The average molecular weight is 612 g/mol. The molecule has 234 valence electrons. The number of nitrogens with one attached hydrogen (secondary N) is 1. The Hall–Kier alpha value is -4.51. The first-order valence-corrected chi connectivity index (χ1v) is 15.0. The predicted molar refractivity (Wildman–Crippen MR) is 169 cm³/mol. The number of ketones is 2. The Bertz CT molecular complexity index is 1860. The number of likely N-dealkylation sites (N-methyl/N-ethyl adjacent to an activating group) is 1.